The number of carbonyl (C=O) groups is 2. The van der Waals surface area contributed by atoms with Crippen molar-refractivity contribution in [1.29, 1.82) is 0 Å². The van der Waals surface area contributed by atoms with Crippen LogP contribution >= 0.6 is 0 Å². The Hall–Kier alpha value is -1.38. The molecule has 0 saturated heterocycles. The Balaban J connectivity index is 3.08. The Morgan fingerprint density at radius 3 is 1.03 bits per heavy atom. The molecule has 0 aromatic rings. The molecule has 0 aromatic carbocycles. The number of carbonyl (C=O) groups excluding carboxylic acids is 2. The topological polar surface area (TPSA) is 126 Å². The molecule has 0 amide bonds. The van der Waals surface area contributed by atoms with Crippen LogP contribution in [0.1, 0.15) is 46.0 Å². The van der Waals surface area contributed by atoms with Gasteiger partial charge in [0.1, 0.15) is 13.2 Å². The van der Waals surface area contributed by atoms with Crippen molar-refractivity contribution in [2.24, 2.45) is 0 Å². The molecule has 12 nitrogen and oxygen atoms in total. The molecule has 39 heavy (non-hydrogen) atoms. The smallest absolute Gasteiger partial charge is 0.305 e. The number of unbranched alkanes of at least 4 members (excludes halogenated alkanes) is 3. The highest BCUT2D eigenvalue weighted by molar-refractivity contribution is 5.69. The van der Waals surface area contributed by atoms with Crippen molar-refractivity contribution in [3.05, 3.63) is 0 Å². The Kier molecular flexibility index (Phi) is 31.7. The van der Waals surface area contributed by atoms with Crippen LogP contribution in [-0.4, -0.2) is 131 Å². The molecule has 0 spiro atoms. The van der Waals surface area contributed by atoms with Crippen LogP contribution < -0.4 is 0 Å². The van der Waals surface area contributed by atoms with Gasteiger partial charge < -0.3 is 47.4 Å². The molecule has 0 aliphatic rings. The molecule has 0 aliphatic heterocycles. The number of esters is 2. The highest BCUT2D eigenvalue weighted by atomic mass is 16.6. The van der Waals surface area contributed by atoms with E-state index in [9.17, 15) is 9.59 Å². The summed E-state index contributed by atoms with van der Waals surface area (Å²) in [6.07, 6.45) is 4.75. The van der Waals surface area contributed by atoms with Crippen molar-refractivity contribution in [3.63, 3.8) is 0 Å². The van der Waals surface area contributed by atoms with Crippen LogP contribution in [0.4, 0.5) is 0 Å². The van der Waals surface area contributed by atoms with Gasteiger partial charge in [0.2, 0.25) is 0 Å². The maximum atomic E-state index is 11.5. The van der Waals surface area contributed by atoms with Crippen molar-refractivity contribution in [2.75, 3.05) is 119 Å². The predicted molar refractivity (Wildman–Crippen MR) is 143 cm³/mol. The van der Waals surface area contributed by atoms with Gasteiger partial charge in [-0.25, -0.2) is 0 Å². The summed E-state index contributed by atoms with van der Waals surface area (Å²) in [5.74, 6) is -0.467. The van der Waals surface area contributed by atoms with Crippen LogP contribution in [0.2, 0.25) is 0 Å². The first-order chi connectivity index (χ1) is 19.2. The van der Waals surface area contributed by atoms with Gasteiger partial charge in [0.25, 0.3) is 0 Å². The molecule has 0 aliphatic carbocycles. The van der Waals surface area contributed by atoms with Gasteiger partial charge in [0.05, 0.1) is 106 Å². The molecule has 0 atom stereocenters. The summed E-state index contributed by atoms with van der Waals surface area (Å²) in [7, 11) is 0. The molecular formula is C27H52O12. The van der Waals surface area contributed by atoms with E-state index in [1.165, 1.54) is 6.92 Å². The molecule has 0 saturated carbocycles. The van der Waals surface area contributed by atoms with Crippen molar-refractivity contribution >= 4 is 11.9 Å². The fraction of sp³-hybridized carbons (Fsp3) is 0.926. The number of hydrogen-bond donors (Lipinski definition) is 0. The minimum absolute atomic E-state index is 0.155. The lowest BCUT2D eigenvalue weighted by atomic mass is 10.2. The van der Waals surface area contributed by atoms with E-state index >= 15 is 0 Å². The number of ether oxygens (including phenoxy) is 10. The van der Waals surface area contributed by atoms with Gasteiger partial charge in [0.15, 0.2) is 0 Å². The Labute approximate surface area is 234 Å². The molecule has 0 heterocycles. The number of hydrogen-bond acceptors (Lipinski definition) is 12. The second kappa shape index (κ2) is 32.8. The highest BCUT2D eigenvalue weighted by Crippen LogP contribution is 2.03. The van der Waals surface area contributed by atoms with Gasteiger partial charge in [-0.05, 0) is 6.42 Å². The number of rotatable bonds is 32. The van der Waals surface area contributed by atoms with Crippen molar-refractivity contribution in [2.45, 2.75) is 46.0 Å². The second-order valence-electron chi connectivity index (χ2n) is 8.27. The molecule has 0 unspecified atom stereocenters. The fourth-order valence-corrected chi connectivity index (χ4v) is 2.87. The maximum Gasteiger partial charge on any atom is 0.305 e. The first-order valence-electron chi connectivity index (χ1n) is 14.1. The van der Waals surface area contributed by atoms with E-state index in [1.807, 2.05) is 0 Å². The lowest BCUT2D eigenvalue weighted by Gasteiger charge is -2.09. The summed E-state index contributed by atoms with van der Waals surface area (Å²) in [5.41, 5.74) is 0. The van der Waals surface area contributed by atoms with Gasteiger partial charge in [-0.1, -0.05) is 26.2 Å². The summed E-state index contributed by atoms with van der Waals surface area (Å²) in [6, 6.07) is 0. The summed E-state index contributed by atoms with van der Waals surface area (Å²) >= 11 is 0. The summed E-state index contributed by atoms with van der Waals surface area (Å²) < 4.78 is 53.0. The van der Waals surface area contributed by atoms with Gasteiger partial charge in [-0.3, -0.25) is 9.59 Å². The first kappa shape index (κ1) is 37.6. The van der Waals surface area contributed by atoms with Crippen LogP contribution in [-0.2, 0) is 57.0 Å². The summed E-state index contributed by atoms with van der Waals surface area (Å²) in [6.45, 7) is 11.5. The molecule has 0 radical (unpaired) electrons. The second-order valence-corrected chi connectivity index (χ2v) is 8.27. The third-order valence-electron chi connectivity index (χ3n) is 4.86. The zero-order valence-corrected chi connectivity index (χ0v) is 24.2. The van der Waals surface area contributed by atoms with Gasteiger partial charge >= 0.3 is 11.9 Å². The Morgan fingerprint density at radius 2 is 0.718 bits per heavy atom. The molecular weight excluding hydrogens is 516 g/mol. The Morgan fingerprint density at radius 1 is 0.410 bits per heavy atom. The van der Waals surface area contributed by atoms with Crippen LogP contribution in [0.25, 0.3) is 0 Å². The third-order valence-corrected chi connectivity index (χ3v) is 4.86. The van der Waals surface area contributed by atoms with Crippen LogP contribution in [0, 0.1) is 0 Å². The van der Waals surface area contributed by atoms with E-state index in [1.54, 1.807) is 0 Å². The van der Waals surface area contributed by atoms with Crippen LogP contribution in [0.3, 0.4) is 0 Å². The van der Waals surface area contributed by atoms with Crippen LogP contribution in [0.15, 0.2) is 0 Å². The van der Waals surface area contributed by atoms with Gasteiger partial charge in [-0.15, -0.1) is 0 Å². The summed E-state index contributed by atoms with van der Waals surface area (Å²) in [5, 5.41) is 0. The molecule has 0 N–H and O–H groups in total. The minimum Gasteiger partial charge on any atom is -0.463 e. The fourth-order valence-electron chi connectivity index (χ4n) is 2.87. The minimum atomic E-state index is -0.312. The molecule has 0 rings (SSSR count). The maximum absolute atomic E-state index is 11.5. The van der Waals surface area contributed by atoms with E-state index < -0.39 is 0 Å². The highest BCUT2D eigenvalue weighted by Gasteiger charge is 2.02. The van der Waals surface area contributed by atoms with E-state index in [4.69, 9.17) is 47.4 Å². The van der Waals surface area contributed by atoms with E-state index in [0.29, 0.717) is 112 Å². The van der Waals surface area contributed by atoms with Gasteiger partial charge in [0, 0.05) is 13.3 Å². The monoisotopic (exact) mass is 568 g/mol. The molecule has 0 aromatic heterocycles. The molecule has 0 bridgehead atoms. The zero-order chi connectivity index (χ0) is 28.5. The van der Waals surface area contributed by atoms with E-state index in [-0.39, 0.29) is 25.2 Å². The van der Waals surface area contributed by atoms with Crippen molar-refractivity contribution in [1.82, 2.24) is 0 Å². The standard InChI is InChI=1S/C27H52O12/c1-3-4-5-6-7-27(29)39-25-23-37-21-19-35-17-15-33-13-11-31-9-8-30-10-12-32-14-16-34-18-20-36-22-24-38-26(2)28/h3-25H2,1-2H3. The molecule has 0 fully saturated rings. The Bertz CT molecular complexity index is 521. The first-order valence-corrected chi connectivity index (χ1v) is 14.1. The third kappa shape index (κ3) is 34.6. The van der Waals surface area contributed by atoms with E-state index in [0.717, 1.165) is 25.7 Å². The van der Waals surface area contributed by atoms with Crippen molar-refractivity contribution in [3.8, 4) is 0 Å². The van der Waals surface area contributed by atoms with Crippen molar-refractivity contribution < 1.29 is 57.0 Å². The normalized spacial score (nSPS) is 11.1. The zero-order valence-electron chi connectivity index (χ0n) is 24.2. The quantitative estimate of drug-likeness (QED) is 0.0872. The average Bonchev–Trinajstić information content (AvgIpc) is 2.92. The lowest BCUT2D eigenvalue weighted by Crippen LogP contribution is -2.15. The van der Waals surface area contributed by atoms with E-state index in [2.05, 4.69) is 6.92 Å². The molecule has 232 valence electrons. The lowest BCUT2D eigenvalue weighted by molar-refractivity contribution is -0.145. The summed E-state index contributed by atoms with van der Waals surface area (Å²) in [4.78, 5) is 22.1. The van der Waals surface area contributed by atoms with Crippen LogP contribution in [0.5, 0.6) is 0 Å². The largest absolute Gasteiger partial charge is 0.463 e. The average molecular weight is 569 g/mol. The SMILES string of the molecule is CCCCCCC(=O)OCCOCCOCCOCCOCCOCCOCCOCCOCCOC(C)=O. The molecule has 12 heteroatoms. The predicted octanol–water partition coefficient (Wildman–Crippen LogP) is 2.20. The van der Waals surface area contributed by atoms with Gasteiger partial charge in [-0.2, -0.15) is 0 Å².